The van der Waals surface area contributed by atoms with Crippen molar-refractivity contribution in [1.82, 2.24) is 5.32 Å². The van der Waals surface area contributed by atoms with Crippen molar-refractivity contribution in [3.63, 3.8) is 0 Å². The van der Waals surface area contributed by atoms with Gasteiger partial charge in [-0.1, -0.05) is 31.4 Å². The zero-order chi connectivity index (χ0) is 14.4. The number of nitrogens with one attached hydrogen (secondary N) is 1. The highest BCUT2D eigenvalue weighted by Gasteiger charge is 2.34. The average molecular weight is 279 g/mol. The van der Waals surface area contributed by atoms with Gasteiger partial charge >= 0.3 is 5.97 Å². The number of aliphatic carboxylic acids is 1. The first-order chi connectivity index (χ1) is 9.60. The van der Waals surface area contributed by atoms with E-state index in [4.69, 9.17) is 5.11 Å². The molecule has 2 aliphatic rings. The van der Waals surface area contributed by atoms with Gasteiger partial charge in [-0.15, -0.1) is 0 Å². The predicted molar refractivity (Wildman–Crippen MR) is 77.3 cm³/mol. The third-order valence-electron chi connectivity index (χ3n) is 4.66. The Hall–Kier alpha value is -1.32. The molecular weight excluding hydrogens is 254 g/mol. The first-order valence-electron chi connectivity index (χ1n) is 7.75. The largest absolute Gasteiger partial charge is 0.481 e. The molecule has 1 saturated carbocycles. The van der Waals surface area contributed by atoms with Crippen LogP contribution < -0.4 is 5.32 Å². The molecule has 1 unspecified atom stereocenters. The number of hydrogen-bond donors (Lipinski definition) is 2. The van der Waals surface area contributed by atoms with Crippen molar-refractivity contribution in [2.24, 2.45) is 11.3 Å². The second kappa shape index (κ2) is 6.91. The highest BCUT2D eigenvalue weighted by molar-refractivity contribution is 5.76. The Labute approximate surface area is 120 Å². The smallest absolute Gasteiger partial charge is 0.303 e. The van der Waals surface area contributed by atoms with E-state index in [9.17, 15) is 9.59 Å². The minimum absolute atomic E-state index is 0.0666. The molecule has 4 heteroatoms. The van der Waals surface area contributed by atoms with Crippen LogP contribution in [0.5, 0.6) is 0 Å². The lowest BCUT2D eigenvalue weighted by Gasteiger charge is -2.36. The molecule has 0 aromatic carbocycles. The summed E-state index contributed by atoms with van der Waals surface area (Å²) in [7, 11) is 0. The van der Waals surface area contributed by atoms with Crippen molar-refractivity contribution < 1.29 is 14.7 Å². The van der Waals surface area contributed by atoms with Crippen LogP contribution in [0.25, 0.3) is 0 Å². The summed E-state index contributed by atoms with van der Waals surface area (Å²) in [6, 6.07) is 0. The number of amides is 1. The van der Waals surface area contributed by atoms with Crippen LogP contribution in [0.15, 0.2) is 12.2 Å². The maximum absolute atomic E-state index is 12.0. The lowest BCUT2D eigenvalue weighted by molar-refractivity contribution is -0.140. The van der Waals surface area contributed by atoms with Gasteiger partial charge in [-0.05, 0) is 37.0 Å². The summed E-state index contributed by atoms with van der Waals surface area (Å²) in [5.74, 6) is -0.312. The number of carbonyl (C=O) groups excluding carboxylic acids is 1. The summed E-state index contributed by atoms with van der Waals surface area (Å²) in [5.41, 5.74) is -0.217. The number of carboxylic acid groups (broad SMARTS) is 1. The number of allylic oxidation sites excluding steroid dienone is 2. The van der Waals surface area contributed by atoms with Crippen LogP contribution in [0, 0.1) is 11.3 Å². The Balaban J connectivity index is 1.82. The highest BCUT2D eigenvalue weighted by atomic mass is 16.4. The van der Waals surface area contributed by atoms with Gasteiger partial charge in [-0.2, -0.15) is 0 Å². The van der Waals surface area contributed by atoms with Crippen LogP contribution in [0.2, 0.25) is 0 Å². The molecule has 1 fully saturated rings. The molecule has 0 aromatic heterocycles. The third kappa shape index (κ3) is 4.36. The van der Waals surface area contributed by atoms with Crippen molar-refractivity contribution in [2.45, 2.75) is 57.8 Å². The zero-order valence-corrected chi connectivity index (χ0v) is 12.1. The van der Waals surface area contributed by atoms with E-state index in [1.54, 1.807) is 0 Å². The van der Waals surface area contributed by atoms with Gasteiger partial charge in [0.05, 0.1) is 6.42 Å². The molecule has 112 valence electrons. The van der Waals surface area contributed by atoms with Crippen LogP contribution in [0.1, 0.15) is 57.8 Å². The average Bonchev–Trinajstić information content (AvgIpc) is 2.90. The van der Waals surface area contributed by atoms with E-state index in [2.05, 4.69) is 17.5 Å². The molecule has 1 amide bonds. The monoisotopic (exact) mass is 279 g/mol. The minimum Gasteiger partial charge on any atom is -0.481 e. The van der Waals surface area contributed by atoms with Gasteiger partial charge in [-0.25, -0.2) is 0 Å². The van der Waals surface area contributed by atoms with E-state index >= 15 is 0 Å². The Kier molecular flexibility index (Phi) is 5.21. The van der Waals surface area contributed by atoms with Crippen molar-refractivity contribution in [3.05, 3.63) is 12.2 Å². The van der Waals surface area contributed by atoms with E-state index in [-0.39, 0.29) is 17.7 Å². The Morgan fingerprint density at radius 1 is 1.25 bits per heavy atom. The molecule has 4 nitrogen and oxygen atoms in total. The molecular formula is C16H25NO3. The van der Waals surface area contributed by atoms with Crippen molar-refractivity contribution >= 4 is 11.9 Å². The van der Waals surface area contributed by atoms with Gasteiger partial charge in [0.1, 0.15) is 0 Å². The summed E-state index contributed by atoms with van der Waals surface area (Å²) in [5, 5.41) is 12.1. The van der Waals surface area contributed by atoms with E-state index in [1.165, 1.54) is 6.42 Å². The molecule has 0 heterocycles. The highest BCUT2D eigenvalue weighted by Crippen LogP contribution is 2.38. The van der Waals surface area contributed by atoms with Gasteiger partial charge in [0.2, 0.25) is 5.91 Å². The Bertz CT molecular complexity index is 383. The normalized spacial score (nSPS) is 24.5. The number of carboxylic acids is 1. The van der Waals surface area contributed by atoms with E-state index in [0.717, 1.165) is 38.5 Å². The quantitative estimate of drug-likeness (QED) is 0.735. The van der Waals surface area contributed by atoms with Crippen LogP contribution in [-0.2, 0) is 9.59 Å². The minimum atomic E-state index is -0.750. The van der Waals surface area contributed by atoms with Crippen LogP contribution in [0.3, 0.4) is 0 Å². The molecule has 0 bridgehead atoms. The Morgan fingerprint density at radius 3 is 2.60 bits per heavy atom. The fraction of sp³-hybridized carbons (Fsp3) is 0.750. The SMILES string of the molecule is O=C(O)CC1(CNC(=O)CC2C=CCC2)CCCCC1. The zero-order valence-electron chi connectivity index (χ0n) is 12.1. The topological polar surface area (TPSA) is 66.4 Å². The van der Waals surface area contributed by atoms with Crippen LogP contribution in [0.4, 0.5) is 0 Å². The molecule has 20 heavy (non-hydrogen) atoms. The second-order valence-corrected chi connectivity index (χ2v) is 6.38. The number of hydrogen-bond acceptors (Lipinski definition) is 2. The molecule has 0 spiro atoms. The first-order valence-corrected chi connectivity index (χ1v) is 7.75. The van der Waals surface area contributed by atoms with Gasteiger partial charge in [-0.3, -0.25) is 9.59 Å². The summed E-state index contributed by atoms with van der Waals surface area (Å²) in [6.07, 6.45) is 12.3. The fourth-order valence-electron chi connectivity index (χ4n) is 3.50. The second-order valence-electron chi connectivity index (χ2n) is 6.38. The van der Waals surface area contributed by atoms with Gasteiger partial charge in [0.25, 0.3) is 0 Å². The first kappa shape index (κ1) is 15.1. The maximum atomic E-state index is 12.0. The maximum Gasteiger partial charge on any atom is 0.303 e. The third-order valence-corrected chi connectivity index (χ3v) is 4.66. The number of rotatable bonds is 6. The molecule has 2 rings (SSSR count). The fourth-order valence-corrected chi connectivity index (χ4v) is 3.50. The van der Waals surface area contributed by atoms with Crippen LogP contribution in [-0.4, -0.2) is 23.5 Å². The van der Waals surface area contributed by atoms with Gasteiger partial charge in [0.15, 0.2) is 0 Å². The van der Waals surface area contributed by atoms with Crippen molar-refractivity contribution in [2.75, 3.05) is 6.54 Å². The van der Waals surface area contributed by atoms with E-state index in [0.29, 0.717) is 18.9 Å². The number of carbonyl (C=O) groups is 2. The summed E-state index contributed by atoms with van der Waals surface area (Å²) in [6.45, 7) is 0.522. The van der Waals surface area contributed by atoms with Crippen molar-refractivity contribution in [3.8, 4) is 0 Å². The van der Waals surface area contributed by atoms with Crippen LogP contribution >= 0.6 is 0 Å². The van der Waals surface area contributed by atoms with E-state index < -0.39 is 5.97 Å². The van der Waals surface area contributed by atoms with Gasteiger partial charge in [0, 0.05) is 13.0 Å². The summed E-state index contributed by atoms with van der Waals surface area (Å²) in [4.78, 5) is 23.1. The standard InChI is InChI=1S/C16H25NO3/c18-14(10-13-6-2-3-7-13)17-12-16(11-15(19)20)8-4-1-5-9-16/h2,6,13H,1,3-5,7-12H2,(H,17,18)(H,19,20). The molecule has 2 N–H and O–H groups in total. The lowest BCUT2D eigenvalue weighted by atomic mass is 9.71. The molecule has 1 atom stereocenters. The van der Waals surface area contributed by atoms with E-state index in [1.807, 2.05) is 0 Å². The molecule has 0 aromatic rings. The Morgan fingerprint density at radius 2 is 2.00 bits per heavy atom. The van der Waals surface area contributed by atoms with Crippen molar-refractivity contribution in [1.29, 1.82) is 0 Å². The lowest BCUT2D eigenvalue weighted by Crippen LogP contribution is -2.40. The molecule has 0 saturated heterocycles. The van der Waals surface area contributed by atoms with Gasteiger partial charge < -0.3 is 10.4 Å². The molecule has 0 radical (unpaired) electrons. The summed E-state index contributed by atoms with van der Waals surface area (Å²) >= 11 is 0. The molecule has 0 aliphatic heterocycles. The summed E-state index contributed by atoms with van der Waals surface area (Å²) < 4.78 is 0. The predicted octanol–water partition coefficient (Wildman–Crippen LogP) is 2.88. The molecule has 2 aliphatic carbocycles.